The predicted molar refractivity (Wildman–Crippen MR) is 101 cm³/mol. The average molecular weight is 353 g/mol. The van der Waals surface area contributed by atoms with Crippen LogP contribution in [0.15, 0.2) is 42.5 Å². The van der Waals surface area contributed by atoms with Crippen molar-refractivity contribution in [1.82, 2.24) is 4.90 Å². The summed E-state index contributed by atoms with van der Waals surface area (Å²) in [5.74, 6) is 1.40. The van der Waals surface area contributed by atoms with E-state index in [0.29, 0.717) is 32.1 Å². The van der Waals surface area contributed by atoms with Crippen LogP contribution < -0.4 is 19.7 Å². The van der Waals surface area contributed by atoms with Crippen LogP contribution in [0.3, 0.4) is 0 Å². The monoisotopic (exact) mass is 353 g/mol. The molecule has 0 unspecified atom stereocenters. The second kappa shape index (κ2) is 7.15. The standard InChI is InChI=1S/C20H23N3O3/c1-15-3-2-4-17(13-15)22-7-9-23(10-8-22)20(24)21-16-5-6-18-19(14-16)26-12-11-25-18/h2-6,13-14H,7-12H2,1H3,(H,21,24). The largest absolute Gasteiger partial charge is 0.486 e. The Kier molecular flexibility index (Phi) is 4.56. The quantitative estimate of drug-likeness (QED) is 0.901. The number of aryl methyl sites for hydroxylation is 1. The maximum Gasteiger partial charge on any atom is 0.321 e. The Bertz CT molecular complexity index is 801. The number of carbonyl (C=O) groups is 1. The van der Waals surface area contributed by atoms with Gasteiger partial charge in [-0.05, 0) is 36.8 Å². The van der Waals surface area contributed by atoms with E-state index in [4.69, 9.17) is 9.47 Å². The molecular weight excluding hydrogens is 330 g/mol. The zero-order valence-corrected chi connectivity index (χ0v) is 14.9. The van der Waals surface area contributed by atoms with E-state index in [9.17, 15) is 4.79 Å². The molecule has 2 heterocycles. The van der Waals surface area contributed by atoms with Gasteiger partial charge in [0.05, 0.1) is 0 Å². The fourth-order valence-corrected chi connectivity index (χ4v) is 3.32. The Balaban J connectivity index is 1.35. The first kappa shape index (κ1) is 16.6. The van der Waals surface area contributed by atoms with Crippen LogP contribution in [0, 0.1) is 6.92 Å². The minimum absolute atomic E-state index is 0.0782. The van der Waals surface area contributed by atoms with Crippen LogP contribution in [0.4, 0.5) is 16.2 Å². The van der Waals surface area contributed by atoms with Gasteiger partial charge in [0, 0.05) is 43.6 Å². The molecule has 1 N–H and O–H groups in total. The molecule has 2 aliphatic rings. The van der Waals surface area contributed by atoms with Crippen LogP contribution in [-0.4, -0.2) is 50.3 Å². The van der Waals surface area contributed by atoms with E-state index in [2.05, 4.69) is 41.4 Å². The van der Waals surface area contributed by atoms with Gasteiger partial charge in [0.15, 0.2) is 11.5 Å². The minimum atomic E-state index is -0.0782. The number of carbonyl (C=O) groups excluding carboxylic acids is 1. The summed E-state index contributed by atoms with van der Waals surface area (Å²) in [5.41, 5.74) is 3.19. The number of urea groups is 1. The summed E-state index contributed by atoms with van der Waals surface area (Å²) in [6.45, 7) is 6.25. The number of anilines is 2. The second-order valence-electron chi connectivity index (χ2n) is 6.60. The highest BCUT2D eigenvalue weighted by atomic mass is 16.6. The van der Waals surface area contributed by atoms with E-state index < -0.39 is 0 Å². The van der Waals surface area contributed by atoms with Gasteiger partial charge in [-0.25, -0.2) is 4.79 Å². The van der Waals surface area contributed by atoms with E-state index in [1.165, 1.54) is 11.3 Å². The number of hydrogen-bond acceptors (Lipinski definition) is 4. The summed E-state index contributed by atoms with van der Waals surface area (Å²) in [5, 5.41) is 2.96. The molecule has 2 amide bonds. The van der Waals surface area contributed by atoms with Crippen LogP contribution in [-0.2, 0) is 0 Å². The highest BCUT2D eigenvalue weighted by Gasteiger charge is 2.22. The molecule has 26 heavy (non-hydrogen) atoms. The minimum Gasteiger partial charge on any atom is -0.486 e. The molecule has 6 heteroatoms. The van der Waals surface area contributed by atoms with Gasteiger partial charge in [-0.3, -0.25) is 0 Å². The lowest BCUT2D eigenvalue weighted by Gasteiger charge is -2.36. The fraction of sp³-hybridized carbons (Fsp3) is 0.350. The zero-order valence-electron chi connectivity index (χ0n) is 14.9. The van der Waals surface area contributed by atoms with Crippen LogP contribution in [0.1, 0.15) is 5.56 Å². The Labute approximate surface area is 153 Å². The summed E-state index contributed by atoms with van der Waals surface area (Å²) in [6, 6.07) is 13.9. The molecule has 1 saturated heterocycles. The number of rotatable bonds is 2. The van der Waals surface area contributed by atoms with Crippen LogP contribution in [0.5, 0.6) is 11.5 Å². The number of amides is 2. The van der Waals surface area contributed by atoms with E-state index in [1.54, 1.807) is 0 Å². The Morgan fingerprint density at radius 1 is 0.962 bits per heavy atom. The molecule has 0 aliphatic carbocycles. The first-order valence-corrected chi connectivity index (χ1v) is 8.96. The predicted octanol–water partition coefficient (Wildman–Crippen LogP) is 3.12. The van der Waals surface area contributed by atoms with Gasteiger partial charge >= 0.3 is 6.03 Å². The lowest BCUT2D eigenvalue weighted by molar-refractivity contribution is 0.171. The number of piperazine rings is 1. The molecule has 0 atom stereocenters. The number of benzene rings is 2. The van der Waals surface area contributed by atoms with Crippen molar-refractivity contribution in [1.29, 1.82) is 0 Å². The van der Waals surface area contributed by atoms with Gasteiger partial charge in [-0.1, -0.05) is 12.1 Å². The molecule has 2 aromatic carbocycles. The third-order valence-corrected chi connectivity index (χ3v) is 4.73. The van der Waals surface area contributed by atoms with Gasteiger partial charge in [0.1, 0.15) is 13.2 Å². The van der Waals surface area contributed by atoms with Crippen molar-refractivity contribution in [2.24, 2.45) is 0 Å². The first-order valence-electron chi connectivity index (χ1n) is 8.96. The number of nitrogens with one attached hydrogen (secondary N) is 1. The van der Waals surface area contributed by atoms with Gasteiger partial charge in [-0.2, -0.15) is 0 Å². The molecule has 0 saturated carbocycles. The average Bonchev–Trinajstić information content (AvgIpc) is 2.68. The molecule has 0 aromatic heterocycles. The summed E-state index contributed by atoms with van der Waals surface area (Å²) in [4.78, 5) is 16.7. The van der Waals surface area contributed by atoms with E-state index >= 15 is 0 Å². The molecule has 0 bridgehead atoms. The normalized spacial score (nSPS) is 16.3. The molecule has 2 aromatic rings. The molecule has 0 radical (unpaired) electrons. The highest BCUT2D eigenvalue weighted by Crippen LogP contribution is 2.32. The first-order chi connectivity index (χ1) is 12.7. The summed E-state index contributed by atoms with van der Waals surface area (Å²) in [6.07, 6.45) is 0. The smallest absolute Gasteiger partial charge is 0.321 e. The van der Waals surface area contributed by atoms with Gasteiger partial charge in [0.2, 0.25) is 0 Å². The van der Waals surface area contributed by atoms with E-state index in [0.717, 1.165) is 24.5 Å². The molecule has 4 rings (SSSR count). The van der Waals surface area contributed by atoms with Crippen molar-refractivity contribution >= 4 is 17.4 Å². The van der Waals surface area contributed by atoms with E-state index in [1.807, 2.05) is 23.1 Å². The van der Waals surface area contributed by atoms with E-state index in [-0.39, 0.29) is 6.03 Å². The van der Waals surface area contributed by atoms with Gasteiger partial charge < -0.3 is 24.6 Å². The highest BCUT2D eigenvalue weighted by molar-refractivity contribution is 5.90. The third kappa shape index (κ3) is 3.54. The number of ether oxygens (including phenoxy) is 2. The lowest BCUT2D eigenvalue weighted by atomic mass is 10.2. The van der Waals surface area contributed by atoms with Crippen LogP contribution in [0.2, 0.25) is 0 Å². The molecule has 2 aliphatic heterocycles. The molecule has 0 spiro atoms. The molecule has 1 fully saturated rings. The van der Waals surface area contributed by atoms with Crippen molar-refractivity contribution in [2.75, 3.05) is 49.6 Å². The molecule has 6 nitrogen and oxygen atoms in total. The summed E-state index contributed by atoms with van der Waals surface area (Å²) in [7, 11) is 0. The summed E-state index contributed by atoms with van der Waals surface area (Å²) < 4.78 is 11.1. The number of nitrogens with zero attached hydrogens (tertiary/aromatic N) is 2. The topological polar surface area (TPSA) is 54.0 Å². The second-order valence-corrected chi connectivity index (χ2v) is 6.60. The molecular formula is C20H23N3O3. The van der Waals surface area contributed by atoms with Crippen molar-refractivity contribution in [3.8, 4) is 11.5 Å². The number of fused-ring (bicyclic) bond motifs is 1. The zero-order chi connectivity index (χ0) is 17.9. The summed E-state index contributed by atoms with van der Waals surface area (Å²) >= 11 is 0. The van der Waals surface area contributed by atoms with Crippen molar-refractivity contribution in [3.63, 3.8) is 0 Å². The van der Waals surface area contributed by atoms with Gasteiger partial charge in [-0.15, -0.1) is 0 Å². The molecule has 136 valence electrons. The Morgan fingerprint density at radius 3 is 2.50 bits per heavy atom. The SMILES string of the molecule is Cc1cccc(N2CCN(C(=O)Nc3ccc4c(c3)OCCO4)CC2)c1. The maximum absolute atomic E-state index is 12.6. The van der Waals surface area contributed by atoms with Crippen molar-refractivity contribution in [3.05, 3.63) is 48.0 Å². The van der Waals surface area contributed by atoms with Gasteiger partial charge in [0.25, 0.3) is 0 Å². The van der Waals surface area contributed by atoms with Crippen LogP contribution in [0.25, 0.3) is 0 Å². The number of hydrogen-bond donors (Lipinski definition) is 1. The Morgan fingerprint density at radius 2 is 1.73 bits per heavy atom. The third-order valence-electron chi connectivity index (χ3n) is 4.73. The maximum atomic E-state index is 12.6. The van der Waals surface area contributed by atoms with Crippen molar-refractivity contribution < 1.29 is 14.3 Å². The Hall–Kier alpha value is -2.89. The fourth-order valence-electron chi connectivity index (χ4n) is 3.32. The van der Waals surface area contributed by atoms with Crippen molar-refractivity contribution in [2.45, 2.75) is 6.92 Å². The lowest BCUT2D eigenvalue weighted by Crippen LogP contribution is -2.50. The van der Waals surface area contributed by atoms with Crippen LogP contribution >= 0.6 is 0 Å².